The fraction of sp³-hybridized carbons (Fsp3) is 0.0769. The van der Waals surface area contributed by atoms with Crippen LogP contribution in [0.15, 0.2) is 39.6 Å². The lowest BCUT2D eigenvalue weighted by Gasteiger charge is -2.02. The van der Waals surface area contributed by atoms with Crippen molar-refractivity contribution >= 4 is 44.9 Å². The molecule has 0 aliphatic heterocycles. The molecule has 2 aromatic heterocycles. The average Bonchev–Trinajstić information content (AvgIpc) is 2.83. The number of benzene rings is 1. The zero-order valence-corrected chi connectivity index (χ0v) is 12.3. The molecule has 2 heterocycles. The highest BCUT2D eigenvalue weighted by Crippen LogP contribution is 2.35. The average molecular weight is 309 g/mol. The van der Waals surface area contributed by atoms with Crippen molar-refractivity contribution in [2.24, 2.45) is 0 Å². The standard InChI is InChI=1S/C13H9ClN2OS2/c1-18-13-15-10-8(6-19-11(10)12(17)16-13)7-4-2-3-5-9(7)14/h2-6H,1H3,(H,15,16,17). The normalized spacial score (nSPS) is 11.1. The van der Waals surface area contributed by atoms with Crippen molar-refractivity contribution < 1.29 is 0 Å². The van der Waals surface area contributed by atoms with Gasteiger partial charge in [-0.05, 0) is 12.3 Å². The monoisotopic (exact) mass is 308 g/mol. The van der Waals surface area contributed by atoms with Crippen molar-refractivity contribution in [1.82, 2.24) is 9.97 Å². The van der Waals surface area contributed by atoms with Gasteiger partial charge in [-0.3, -0.25) is 4.79 Å². The molecule has 0 saturated carbocycles. The van der Waals surface area contributed by atoms with E-state index >= 15 is 0 Å². The number of hydrogen-bond donors (Lipinski definition) is 1. The molecule has 0 atom stereocenters. The molecule has 6 heteroatoms. The number of halogens is 1. The summed E-state index contributed by atoms with van der Waals surface area (Å²) in [6, 6.07) is 7.58. The van der Waals surface area contributed by atoms with Crippen LogP contribution in [0.3, 0.4) is 0 Å². The molecule has 0 radical (unpaired) electrons. The van der Waals surface area contributed by atoms with Gasteiger partial charge in [0.25, 0.3) is 5.56 Å². The fourth-order valence-corrected chi connectivity index (χ4v) is 3.39. The van der Waals surface area contributed by atoms with Gasteiger partial charge < -0.3 is 4.98 Å². The van der Waals surface area contributed by atoms with Crippen LogP contribution >= 0.6 is 34.7 Å². The predicted octanol–water partition coefficient (Wildman–Crippen LogP) is 4.03. The van der Waals surface area contributed by atoms with Gasteiger partial charge in [-0.15, -0.1) is 11.3 Å². The lowest BCUT2D eigenvalue weighted by atomic mass is 10.1. The highest BCUT2D eigenvalue weighted by Gasteiger charge is 2.13. The van der Waals surface area contributed by atoms with E-state index in [-0.39, 0.29) is 5.56 Å². The first-order valence-electron chi connectivity index (χ1n) is 5.51. The van der Waals surface area contributed by atoms with Crippen LogP contribution in [0.5, 0.6) is 0 Å². The summed E-state index contributed by atoms with van der Waals surface area (Å²) in [5.74, 6) is 0. The van der Waals surface area contributed by atoms with Crippen molar-refractivity contribution in [1.29, 1.82) is 0 Å². The number of hydrogen-bond acceptors (Lipinski definition) is 4. The Labute approximate surface area is 122 Å². The van der Waals surface area contributed by atoms with E-state index in [2.05, 4.69) is 9.97 Å². The smallest absolute Gasteiger partial charge is 0.269 e. The van der Waals surface area contributed by atoms with E-state index in [0.717, 1.165) is 11.1 Å². The van der Waals surface area contributed by atoms with Gasteiger partial charge in [0.1, 0.15) is 4.70 Å². The van der Waals surface area contributed by atoms with Crippen molar-refractivity contribution in [2.75, 3.05) is 6.26 Å². The molecule has 1 N–H and O–H groups in total. The van der Waals surface area contributed by atoms with Gasteiger partial charge in [0.15, 0.2) is 5.16 Å². The molecule has 3 nitrogen and oxygen atoms in total. The third-order valence-corrected chi connectivity index (χ3v) is 4.64. The van der Waals surface area contributed by atoms with Crippen LogP contribution < -0.4 is 5.56 Å². The molecule has 0 saturated heterocycles. The molecule has 0 fully saturated rings. The van der Waals surface area contributed by atoms with Crippen LogP contribution in [-0.2, 0) is 0 Å². The van der Waals surface area contributed by atoms with Crippen LogP contribution in [0.1, 0.15) is 0 Å². The number of aromatic amines is 1. The van der Waals surface area contributed by atoms with E-state index < -0.39 is 0 Å². The molecular formula is C13H9ClN2OS2. The van der Waals surface area contributed by atoms with E-state index in [9.17, 15) is 4.79 Å². The minimum atomic E-state index is -0.0994. The third kappa shape index (κ3) is 2.18. The van der Waals surface area contributed by atoms with E-state index in [4.69, 9.17) is 11.6 Å². The van der Waals surface area contributed by atoms with Crippen LogP contribution in [0.25, 0.3) is 21.3 Å². The van der Waals surface area contributed by atoms with Crippen LogP contribution in [0.2, 0.25) is 5.02 Å². The second-order valence-corrected chi connectivity index (χ2v) is 5.96. The number of H-pyrrole nitrogens is 1. The Morgan fingerprint density at radius 1 is 1.32 bits per heavy atom. The second kappa shape index (κ2) is 5.00. The van der Waals surface area contributed by atoms with Gasteiger partial charge in [-0.25, -0.2) is 4.98 Å². The van der Waals surface area contributed by atoms with Gasteiger partial charge in [-0.1, -0.05) is 41.6 Å². The summed E-state index contributed by atoms with van der Waals surface area (Å²) in [6.07, 6.45) is 1.88. The summed E-state index contributed by atoms with van der Waals surface area (Å²) >= 11 is 9.02. The molecule has 19 heavy (non-hydrogen) atoms. The molecule has 3 rings (SSSR count). The van der Waals surface area contributed by atoms with Crippen LogP contribution in [0.4, 0.5) is 0 Å². The predicted molar refractivity (Wildman–Crippen MR) is 82.5 cm³/mol. The number of thioether (sulfide) groups is 1. The van der Waals surface area contributed by atoms with Crippen molar-refractivity contribution in [3.05, 3.63) is 45.0 Å². The quantitative estimate of drug-likeness (QED) is 0.574. The number of fused-ring (bicyclic) bond motifs is 1. The van der Waals surface area contributed by atoms with E-state index in [0.29, 0.717) is 20.4 Å². The van der Waals surface area contributed by atoms with Gasteiger partial charge in [0.05, 0.1) is 5.52 Å². The van der Waals surface area contributed by atoms with E-state index in [1.54, 1.807) is 0 Å². The van der Waals surface area contributed by atoms with E-state index in [1.807, 2.05) is 35.9 Å². The zero-order chi connectivity index (χ0) is 13.4. The number of thiophene rings is 1. The lowest BCUT2D eigenvalue weighted by Crippen LogP contribution is -2.07. The van der Waals surface area contributed by atoms with E-state index in [1.165, 1.54) is 23.1 Å². The second-order valence-electron chi connectivity index (χ2n) is 3.88. The number of nitrogens with zero attached hydrogens (tertiary/aromatic N) is 1. The first kappa shape index (κ1) is 12.7. The minimum absolute atomic E-state index is 0.0994. The van der Waals surface area contributed by atoms with Crippen LogP contribution in [-0.4, -0.2) is 16.2 Å². The number of nitrogens with one attached hydrogen (secondary N) is 1. The topological polar surface area (TPSA) is 45.8 Å². The summed E-state index contributed by atoms with van der Waals surface area (Å²) in [7, 11) is 0. The Hall–Kier alpha value is -1.30. The summed E-state index contributed by atoms with van der Waals surface area (Å²) in [5, 5.41) is 3.21. The Balaban J connectivity index is 2.34. The maximum atomic E-state index is 12.0. The maximum absolute atomic E-state index is 12.0. The number of aromatic nitrogens is 2. The molecule has 0 unspecified atom stereocenters. The van der Waals surface area contributed by atoms with Crippen LogP contribution in [0, 0.1) is 0 Å². The largest absolute Gasteiger partial charge is 0.300 e. The highest BCUT2D eigenvalue weighted by atomic mass is 35.5. The Bertz CT molecular complexity index is 810. The molecule has 0 bridgehead atoms. The Morgan fingerprint density at radius 3 is 2.84 bits per heavy atom. The summed E-state index contributed by atoms with van der Waals surface area (Å²) in [5.41, 5.74) is 2.43. The molecule has 0 aliphatic rings. The summed E-state index contributed by atoms with van der Waals surface area (Å²) < 4.78 is 0.632. The number of rotatable bonds is 2. The SMILES string of the molecule is CSc1nc2c(-c3ccccc3Cl)csc2c(=O)[nH]1. The highest BCUT2D eigenvalue weighted by molar-refractivity contribution is 7.98. The molecule has 0 amide bonds. The lowest BCUT2D eigenvalue weighted by molar-refractivity contribution is 0.982. The first-order valence-corrected chi connectivity index (χ1v) is 7.99. The van der Waals surface area contributed by atoms with Gasteiger partial charge in [0, 0.05) is 21.5 Å². The molecule has 3 aromatic rings. The zero-order valence-electron chi connectivity index (χ0n) is 9.94. The molecule has 0 aliphatic carbocycles. The van der Waals surface area contributed by atoms with Gasteiger partial charge >= 0.3 is 0 Å². The van der Waals surface area contributed by atoms with Gasteiger partial charge in [-0.2, -0.15) is 0 Å². The van der Waals surface area contributed by atoms with Crippen molar-refractivity contribution in [3.8, 4) is 11.1 Å². The van der Waals surface area contributed by atoms with Crippen molar-refractivity contribution in [2.45, 2.75) is 5.16 Å². The van der Waals surface area contributed by atoms with Crippen molar-refractivity contribution in [3.63, 3.8) is 0 Å². The molecule has 1 aromatic carbocycles. The Kier molecular flexibility index (Phi) is 3.35. The third-order valence-electron chi connectivity index (χ3n) is 2.76. The molecule has 0 spiro atoms. The first-order chi connectivity index (χ1) is 9.20. The molecular weight excluding hydrogens is 300 g/mol. The minimum Gasteiger partial charge on any atom is -0.300 e. The summed E-state index contributed by atoms with van der Waals surface area (Å²) in [4.78, 5) is 19.2. The maximum Gasteiger partial charge on any atom is 0.269 e. The van der Waals surface area contributed by atoms with Gasteiger partial charge in [0.2, 0.25) is 0 Å². The Morgan fingerprint density at radius 2 is 2.11 bits per heavy atom. The summed E-state index contributed by atoms with van der Waals surface area (Å²) in [6.45, 7) is 0. The molecule has 96 valence electrons. The fourth-order valence-electron chi connectivity index (χ4n) is 1.87.